The van der Waals surface area contributed by atoms with Gasteiger partial charge in [0.1, 0.15) is 11.2 Å². The maximum Gasteiger partial charge on any atom is 0.261 e. The second-order valence-electron chi connectivity index (χ2n) is 5.63. The zero-order valence-electron chi connectivity index (χ0n) is 13.2. The Morgan fingerprint density at radius 1 is 1.09 bits per heavy atom. The number of benzene rings is 1. The molecule has 2 aromatic heterocycles. The fourth-order valence-corrected chi connectivity index (χ4v) is 2.39. The van der Waals surface area contributed by atoms with Gasteiger partial charge in [-0.2, -0.15) is 0 Å². The number of pyridine rings is 2. The molecule has 2 N–H and O–H groups in total. The summed E-state index contributed by atoms with van der Waals surface area (Å²) in [5.74, 6) is -0.433. The van der Waals surface area contributed by atoms with Gasteiger partial charge in [0, 0.05) is 17.6 Å². The molecule has 0 saturated heterocycles. The lowest BCUT2D eigenvalue weighted by Crippen LogP contribution is -2.22. The highest BCUT2D eigenvalue weighted by Gasteiger charge is 2.14. The summed E-state index contributed by atoms with van der Waals surface area (Å²) >= 11 is 0. The molecule has 2 heterocycles. The van der Waals surface area contributed by atoms with Gasteiger partial charge in [0.05, 0.1) is 5.39 Å². The van der Waals surface area contributed by atoms with Crippen molar-refractivity contribution < 1.29 is 4.79 Å². The molecule has 3 rings (SSSR count). The van der Waals surface area contributed by atoms with Gasteiger partial charge in [-0.3, -0.25) is 9.59 Å². The molecular formula is C18H17N3O2. The molecule has 5 heteroatoms. The van der Waals surface area contributed by atoms with E-state index in [2.05, 4.69) is 15.3 Å². The number of carbonyl (C=O) groups excluding carboxylic acids is 1. The molecule has 0 radical (unpaired) electrons. The Bertz CT molecular complexity index is 974. The molecule has 0 fully saturated rings. The van der Waals surface area contributed by atoms with Crippen molar-refractivity contribution >= 4 is 22.6 Å². The number of aromatic nitrogens is 2. The topological polar surface area (TPSA) is 74.8 Å². The number of carbonyl (C=O) groups is 1. The first-order chi connectivity index (χ1) is 11.0. The van der Waals surface area contributed by atoms with E-state index in [-0.39, 0.29) is 11.0 Å². The molecule has 0 aliphatic heterocycles. The smallest absolute Gasteiger partial charge is 0.261 e. The van der Waals surface area contributed by atoms with Gasteiger partial charge in [-0.05, 0) is 56.2 Å². The van der Waals surface area contributed by atoms with Crippen LogP contribution in [0.3, 0.4) is 0 Å². The number of aromatic amines is 1. The monoisotopic (exact) mass is 307 g/mol. The van der Waals surface area contributed by atoms with E-state index in [1.165, 1.54) is 6.20 Å². The summed E-state index contributed by atoms with van der Waals surface area (Å²) in [7, 11) is 0. The van der Waals surface area contributed by atoms with Crippen LogP contribution in [0.2, 0.25) is 0 Å². The minimum Gasteiger partial charge on any atom is -0.345 e. The molecule has 3 aromatic rings. The fraction of sp³-hybridized carbons (Fsp3) is 0.167. The van der Waals surface area contributed by atoms with Gasteiger partial charge in [0.25, 0.3) is 5.91 Å². The number of rotatable bonds is 2. The normalized spacial score (nSPS) is 10.7. The van der Waals surface area contributed by atoms with Crippen LogP contribution in [0.1, 0.15) is 27.2 Å². The maximum atomic E-state index is 12.5. The third-order valence-electron chi connectivity index (χ3n) is 3.89. The first-order valence-corrected chi connectivity index (χ1v) is 7.33. The summed E-state index contributed by atoms with van der Waals surface area (Å²) in [5.41, 5.74) is 3.93. The molecule has 0 bridgehead atoms. The number of amides is 1. The number of hydrogen-bond donors (Lipinski definition) is 2. The minimum absolute atomic E-state index is 0.0707. The molecule has 0 unspecified atom stereocenters. The highest BCUT2D eigenvalue weighted by Crippen LogP contribution is 2.15. The largest absolute Gasteiger partial charge is 0.345 e. The van der Waals surface area contributed by atoms with Gasteiger partial charge in [0.2, 0.25) is 5.43 Å². The maximum absolute atomic E-state index is 12.5. The molecule has 0 atom stereocenters. The second-order valence-corrected chi connectivity index (χ2v) is 5.63. The van der Waals surface area contributed by atoms with E-state index in [0.29, 0.717) is 16.7 Å². The van der Waals surface area contributed by atoms with E-state index < -0.39 is 5.91 Å². The van der Waals surface area contributed by atoms with Gasteiger partial charge in [-0.1, -0.05) is 6.07 Å². The van der Waals surface area contributed by atoms with Crippen LogP contribution in [0.15, 0.2) is 41.3 Å². The molecule has 1 amide bonds. The summed E-state index contributed by atoms with van der Waals surface area (Å²) in [6, 6.07) is 9.07. The quantitative estimate of drug-likeness (QED) is 0.764. The van der Waals surface area contributed by atoms with Crippen LogP contribution in [-0.4, -0.2) is 15.9 Å². The first-order valence-electron chi connectivity index (χ1n) is 7.33. The number of hydrogen-bond acceptors (Lipinski definition) is 3. The van der Waals surface area contributed by atoms with Gasteiger partial charge >= 0.3 is 0 Å². The molecule has 0 saturated carbocycles. The molecule has 0 aliphatic carbocycles. The number of nitrogens with one attached hydrogen (secondary N) is 2. The van der Waals surface area contributed by atoms with Crippen molar-refractivity contribution in [2.45, 2.75) is 20.8 Å². The minimum atomic E-state index is -0.433. The Morgan fingerprint density at radius 2 is 1.87 bits per heavy atom. The lowest BCUT2D eigenvalue weighted by Gasteiger charge is -2.08. The molecule has 1 aromatic carbocycles. The summed E-state index contributed by atoms with van der Waals surface area (Å²) in [4.78, 5) is 32.0. The van der Waals surface area contributed by atoms with Gasteiger partial charge < -0.3 is 10.3 Å². The first kappa shape index (κ1) is 15.0. The van der Waals surface area contributed by atoms with E-state index in [4.69, 9.17) is 0 Å². The number of aryl methyl sites for hydroxylation is 3. The highest BCUT2D eigenvalue weighted by atomic mass is 16.2. The predicted molar refractivity (Wildman–Crippen MR) is 91.0 cm³/mol. The summed E-state index contributed by atoms with van der Waals surface area (Å²) in [6.07, 6.45) is 1.41. The lowest BCUT2D eigenvalue weighted by atomic mass is 10.1. The van der Waals surface area contributed by atoms with Gasteiger partial charge in [-0.25, -0.2) is 4.98 Å². The average Bonchev–Trinajstić information content (AvgIpc) is 2.51. The van der Waals surface area contributed by atoms with Crippen LogP contribution in [0, 0.1) is 20.8 Å². The number of fused-ring (bicyclic) bond motifs is 1. The van der Waals surface area contributed by atoms with Crippen molar-refractivity contribution in [1.29, 1.82) is 0 Å². The third-order valence-corrected chi connectivity index (χ3v) is 3.89. The Hall–Kier alpha value is -2.95. The summed E-state index contributed by atoms with van der Waals surface area (Å²) < 4.78 is 0. The zero-order chi connectivity index (χ0) is 16.6. The highest BCUT2D eigenvalue weighted by molar-refractivity contribution is 6.05. The van der Waals surface area contributed by atoms with E-state index in [9.17, 15) is 9.59 Å². The molecule has 116 valence electrons. The standard InChI is InChI=1S/C18H17N3O2/c1-10-4-6-13(8-11(10)2)21-18(23)15-9-19-17-14(16(15)22)7-5-12(3)20-17/h4-9H,1-3H3,(H,21,23)(H,19,20,22). The van der Waals surface area contributed by atoms with Gasteiger partial charge in [0.15, 0.2) is 0 Å². The predicted octanol–water partition coefficient (Wildman–Crippen LogP) is 3.10. The number of anilines is 1. The van der Waals surface area contributed by atoms with Crippen LogP contribution in [0.5, 0.6) is 0 Å². The lowest BCUT2D eigenvalue weighted by molar-refractivity contribution is 0.102. The average molecular weight is 307 g/mol. The van der Waals surface area contributed by atoms with Crippen molar-refractivity contribution in [3.63, 3.8) is 0 Å². The molecule has 0 aliphatic rings. The van der Waals surface area contributed by atoms with Crippen molar-refractivity contribution in [2.75, 3.05) is 5.32 Å². The van der Waals surface area contributed by atoms with Crippen LogP contribution in [0.4, 0.5) is 5.69 Å². The van der Waals surface area contributed by atoms with Crippen LogP contribution in [0.25, 0.3) is 11.0 Å². The van der Waals surface area contributed by atoms with Crippen molar-refractivity contribution in [1.82, 2.24) is 9.97 Å². The Balaban J connectivity index is 1.97. The fourth-order valence-electron chi connectivity index (χ4n) is 2.39. The molecule has 0 spiro atoms. The molecule has 23 heavy (non-hydrogen) atoms. The van der Waals surface area contributed by atoms with Gasteiger partial charge in [-0.15, -0.1) is 0 Å². The SMILES string of the molecule is Cc1ccc2c(=O)c(C(=O)Nc3ccc(C)c(C)c3)c[nH]c2n1. The van der Waals surface area contributed by atoms with Crippen molar-refractivity contribution in [3.05, 3.63) is 69.1 Å². The molecule has 5 nitrogen and oxygen atoms in total. The Kier molecular flexibility index (Phi) is 3.70. The van der Waals surface area contributed by atoms with Crippen molar-refractivity contribution in [2.24, 2.45) is 0 Å². The van der Waals surface area contributed by atoms with Crippen molar-refractivity contribution in [3.8, 4) is 0 Å². The molecular weight excluding hydrogens is 290 g/mol. The summed E-state index contributed by atoms with van der Waals surface area (Å²) in [6.45, 7) is 5.82. The third kappa shape index (κ3) is 2.85. The Morgan fingerprint density at radius 3 is 2.61 bits per heavy atom. The summed E-state index contributed by atoms with van der Waals surface area (Å²) in [5, 5.41) is 3.17. The zero-order valence-corrected chi connectivity index (χ0v) is 13.2. The van der Waals surface area contributed by atoms with Crippen LogP contribution < -0.4 is 10.7 Å². The van der Waals surface area contributed by atoms with E-state index in [0.717, 1.165) is 16.8 Å². The Labute approximate surface area is 133 Å². The number of nitrogens with zero attached hydrogens (tertiary/aromatic N) is 1. The van der Waals surface area contributed by atoms with E-state index >= 15 is 0 Å². The number of H-pyrrole nitrogens is 1. The van der Waals surface area contributed by atoms with E-state index in [1.807, 2.05) is 39.0 Å². The van der Waals surface area contributed by atoms with Crippen LogP contribution in [-0.2, 0) is 0 Å². The van der Waals surface area contributed by atoms with Crippen LogP contribution >= 0.6 is 0 Å². The van der Waals surface area contributed by atoms with E-state index in [1.54, 1.807) is 12.1 Å². The second kappa shape index (κ2) is 5.68.